The fourth-order valence-electron chi connectivity index (χ4n) is 3.61. The lowest BCUT2D eigenvalue weighted by Crippen LogP contribution is -2.68. The zero-order valence-corrected chi connectivity index (χ0v) is 15.2. The van der Waals surface area contributed by atoms with Crippen LogP contribution < -0.4 is 15.6 Å². The molecular formula is C23H20OSi. The van der Waals surface area contributed by atoms with Crippen LogP contribution in [-0.4, -0.2) is 15.4 Å². The summed E-state index contributed by atoms with van der Waals surface area (Å²) < 4.78 is 6.38. The molecule has 122 valence electrons. The van der Waals surface area contributed by atoms with Crippen LogP contribution in [0.4, 0.5) is 0 Å². The summed E-state index contributed by atoms with van der Waals surface area (Å²) >= 11 is 0. The van der Waals surface area contributed by atoms with Crippen LogP contribution >= 0.6 is 0 Å². The molecule has 0 spiro atoms. The Hall–Kier alpha value is -2.68. The van der Waals surface area contributed by atoms with Crippen LogP contribution in [0, 0.1) is 0 Å². The molecular weight excluding hydrogens is 320 g/mol. The van der Waals surface area contributed by atoms with Gasteiger partial charge in [0, 0.05) is 7.11 Å². The minimum absolute atomic E-state index is 1.25. The lowest BCUT2D eigenvalue weighted by atomic mass is 10.1. The molecule has 0 aliphatic carbocycles. The van der Waals surface area contributed by atoms with E-state index < -0.39 is 8.32 Å². The fraction of sp³-hybridized carbons (Fsp3) is 0.0435. The Kier molecular flexibility index (Phi) is 4.22. The highest BCUT2D eigenvalue weighted by Crippen LogP contribution is 2.15. The molecule has 4 aromatic carbocycles. The summed E-state index contributed by atoms with van der Waals surface area (Å²) in [5.74, 6) is 0. The summed E-state index contributed by atoms with van der Waals surface area (Å²) in [5.41, 5.74) is 0. The van der Waals surface area contributed by atoms with Crippen molar-refractivity contribution in [1.82, 2.24) is 0 Å². The molecule has 2 heteroatoms. The van der Waals surface area contributed by atoms with Crippen LogP contribution in [0.25, 0.3) is 10.8 Å². The quantitative estimate of drug-likeness (QED) is 0.408. The zero-order valence-electron chi connectivity index (χ0n) is 14.2. The van der Waals surface area contributed by atoms with E-state index in [1.165, 1.54) is 26.3 Å². The van der Waals surface area contributed by atoms with E-state index >= 15 is 0 Å². The van der Waals surface area contributed by atoms with Crippen molar-refractivity contribution in [3.05, 3.63) is 103 Å². The van der Waals surface area contributed by atoms with Crippen molar-refractivity contribution in [2.24, 2.45) is 0 Å². The van der Waals surface area contributed by atoms with Gasteiger partial charge in [-0.15, -0.1) is 0 Å². The van der Waals surface area contributed by atoms with E-state index in [-0.39, 0.29) is 0 Å². The minimum atomic E-state index is -2.52. The predicted octanol–water partition coefficient (Wildman–Crippen LogP) is 3.45. The van der Waals surface area contributed by atoms with Crippen LogP contribution in [-0.2, 0) is 4.43 Å². The van der Waals surface area contributed by atoms with Crippen LogP contribution in [0.3, 0.4) is 0 Å². The third kappa shape index (κ3) is 2.70. The molecule has 0 fully saturated rings. The predicted molar refractivity (Wildman–Crippen MR) is 108 cm³/mol. The number of rotatable bonds is 4. The minimum Gasteiger partial charge on any atom is -0.408 e. The molecule has 4 aromatic rings. The van der Waals surface area contributed by atoms with Gasteiger partial charge in [-0.1, -0.05) is 103 Å². The summed E-state index contributed by atoms with van der Waals surface area (Å²) in [7, 11) is -0.666. The van der Waals surface area contributed by atoms with Gasteiger partial charge in [0.05, 0.1) is 0 Å². The molecule has 0 amide bonds. The first kappa shape index (κ1) is 15.8. The number of fused-ring (bicyclic) bond motifs is 1. The smallest absolute Gasteiger partial charge is 0.288 e. The Bertz CT molecular complexity index is 941. The highest BCUT2D eigenvalue weighted by molar-refractivity contribution is 7.07. The molecule has 0 bridgehead atoms. The van der Waals surface area contributed by atoms with Gasteiger partial charge in [-0.3, -0.25) is 0 Å². The second-order valence-electron chi connectivity index (χ2n) is 6.18. The van der Waals surface area contributed by atoms with Gasteiger partial charge in [0.25, 0.3) is 8.32 Å². The van der Waals surface area contributed by atoms with Gasteiger partial charge < -0.3 is 4.43 Å². The molecule has 0 aliphatic heterocycles. The average Bonchev–Trinajstić information content (AvgIpc) is 2.71. The summed E-state index contributed by atoms with van der Waals surface area (Å²) in [6, 6.07) is 36.5. The van der Waals surface area contributed by atoms with Crippen molar-refractivity contribution in [2.45, 2.75) is 0 Å². The summed E-state index contributed by atoms with van der Waals surface area (Å²) in [6.45, 7) is 0. The van der Waals surface area contributed by atoms with E-state index in [4.69, 9.17) is 4.43 Å². The van der Waals surface area contributed by atoms with E-state index in [2.05, 4.69) is 103 Å². The second-order valence-corrected chi connectivity index (χ2v) is 9.68. The Balaban J connectivity index is 2.02. The summed E-state index contributed by atoms with van der Waals surface area (Å²) in [4.78, 5) is 0. The van der Waals surface area contributed by atoms with E-state index in [0.29, 0.717) is 0 Å². The topological polar surface area (TPSA) is 9.23 Å². The van der Waals surface area contributed by atoms with Crippen LogP contribution in [0.5, 0.6) is 0 Å². The molecule has 1 nitrogen and oxygen atoms in total. The molecule has 0 unspecified atom stereocenters. The van der Waals surface area contributed by atoms with Crippen molar-refractivity contribution < 1.29 is 4.43 Å². The molecule has 0 N–H and O–H groups in total. The van der Waals surface area contributed by atoms with Crippen LogP contribution in [0.2, 0.25) is 0 Å². The van der Waals surface area contributed by atoms with Gasteiger partial charge in [0.2, 0.25) is 0 Å². The third-order valence-electron chi connectivity index (χ3n) is 4.82. The normalized spacial score (nSPS) is 11.6. The molecule has 0 saturated carbocycles. The Morgan fingerprint density at radius 3 is 1.60 bits per heavy atom. The Morgan fingerprint density at radius 1 is 0.520 bits per heavy atom. The molecule has 0 heterocycles. The molecule has 25 heavy (non-hydrogen) atoms. The van der Waals surface area contributed by atoms with Gasteiger partial charge in [0.15, 0.2) is 0 Å². The first-order valence-electron chi connectivity index (χ1n) is 8.50. The molecule has 0 radical (unpaired) electrons. The zero-order chi connectivity index (χ0) is 17.1. The van der Waals surface area contributed by atoms with Crippen LogP contribution in [0.1, 0.15) is 0 Å². The fourth-order valence-corrected chi connectivity index (χ4v) is 7.32. The highest BCUT2D eigenvalue weighted by atomic mass is 28.4. The highest BCUT2D eigenvalue weighted by Gasteiger charge is 2.40. The summed E-state index contributed by atoms with van der Waals surface area (Å²) in [6.07, 6.45) is 0. The Morgan fingerprint density at radius 2 is 1.04 bits per heavy atom. The maximum Gasteiger partial charge on any atom is 0.288 e. The van der Waals surface area contributed by atoms with Crippen molar-refractivity contribution >= 4 is 34.7 Å². The Labute approximate surface area is 149 Å². The van der Waals surface area contributed by atoms with Gasteiger partial charge >= 0.3 is 0 Å². The van der Waals surface area contributed by atoms with Crippen molar-refractivity contribution in [3.8, 4) is 0 Å². The molecule has 4 rings (SSSR count). The van der Waals surface area contributed by atoms with Gasteiger partial charge in [0.1, 0.15) is 0 Å². The molecule has 0 aliphatic rings. The lowest BCUT2D eigenvalue weighted by Gasteiger charge is -2.31. The maximum absolute atomic E-state index is 6.38. The standard InChI is InChI=1S/C23H20OSi/c1-24-25(21-12-4-2-5-13-21,22-14-6-3-7-15-22)23-17-16-19-10-8-9-11-20(19)18-23/h2-18H,1H3. The summed E-state index contributed by atoms with van der Waals surface area (Å²) in [5, 5.41) is 6.30. The second kappa shape index (κ2) is 6.67. The molecule has 0 aromatic heterocycles. The molecule has 0 atom stereocenters. The number of hydrogen-bond acceptors (Lipinski definition) is 1. The van der Waals surface area contributed by atoms with E-state index in [0.717, 1.165) is 0 Å². The first-order chi connectivity index (χ1) is 12.3. The SMILES string of the molecule is CO[Si](c1ccccc1)(c1ccccc1)c1ccc2ccccc2c1. The van der Waals surface area contributed by atoms with Gasteiger partial charge in [-0.25, -0.2) is 0 Å². The van der Waals surface area contributed by atoms with Crippen LogP contribution in [0.15, 0.2) is 103 Å². The first-order valence-corrected chi connectivity index (χ1v) is 10.4. The van der Waals surface area contributed by atoms with E-state index in [1.807, 2.05) is 7.11 Å². The van der Waals surface area contributed by atoms with Gasteiger partial charge in [-0.05, 0) is 26.3 Å². The van der Waals surface area contributed by atoms with Crippen molar-refractivity contribution in [3.63, 3.8) is 0 Å². The van der Waals surface area contributed by atoms with Gasteiger partial charge in [-0.2, -0.15) is 0 Å². The lowest BCUT2D eigenvalue weighted by molar-refractivity contribution is 0.426. The monoisotopic (exact) mass is 340 g/mol. The maximum atomic E-state index is 6.38. The average molecular weight is 340 g/mol. The van der Waals surface area contributed by atoms with E-state index in [1.54, 1.807) is 0 Å². The number of benzene rings is 4. The third-order valence-corrected chi connectivity index (χ3v) is 8.85. The van der Waals surface area contributed by atoms with Crippen molar-refractivity contribution in [2.75, 3.05) is 7.11 Å². The number of hydrogen-bond donors (Lipinski definition) is 0. The van der Waals surface area contributed by atoms with E-state index in [9.17, 15) is 0 Å². The van der Waals surface area contributed by atoms with Crippen molar-refractivity contribution in [1.29, 1.82) is 0 Å². The molecule has 0 saturated heterocycles. The largest absolute Gasteiger partial charge is 0.408 e.